The molecule has 0 amide bonds. The van der Waals surface area contributed by atoms with Crippen LogP contribution in [0.2, 0.25) is 0 Å². The van der Waals surface area contributed by atoms with Gasteiger partial charge in [-0.05, 0) is 52.7 Å². The number of pyridine rings is 1. The number of ether oxygens (including phenoxy) is 2. The van der Waals surface area contributed by atoms with Crippen molar-refractivity contribution in [3.8, 4) is 28.8 Å². The lowest BCUT2D eigenvalue weighted by Crippen LogP contribution is -2.11. The van der Waals surface area contributed by atoms with E-state index in [1.165, 1.54) is 18.5 Å². The molecule has 0 aliphatic heterocycles. The van der Waals surface area contributed by atoms with Gasteiger partial charge in [-0.25, -0.2) is 19.3 Å². The molecule has 0 fully saturated rings. The average Bonchev–Trinajstić information content (AvgIpc) is 2.72. The Balaban J connectivity index is 1.72. The molecule has 0 atom stereocenters. The van der Waals surface area contributed by atoms with Crippen LogP contribution >= 0.6 is 15.9 Å². The minimum Gasteiger partial charge on any atom is -0.436 e. The Morgan fingerprint density at radius 3 is 2.60 bits per heavy atom. The van der Waals surface area contributed by atoms with E-state index in [1.54, 1.807) is 24.3 Å². The zero-order valence-electron chi connectivity index (χ0n) is 16.3. The van der Waals surface area contributed by atoms with Crippen molar-refractivity contribution in [2.45, 2.75) is 32.6 Å². The molecule has 0 saturated heterocycles. The molecular formula is C21H20BrFN4O3. The average molecular weight is 475 g/mol. The third-order valence-corrected chi connectivity index (χ3v) is 4.53. The van der Waals surface area contributed by atoms with Crippen LogP contribution in [0.4, 0.5) is 10.2 Å². The quantitative estimate of drug-likeness (QED) is 0.349. The molecule has 0 aliphatic rings. The maximum absolute atomic E-state index is 13.9. The lowest BCUT2D eigenvalue weighted by atomic mass is 10.1. The Morgan fingerprint density at radius 2 is 1.90 bits per heavy atom. The number of benzene rings is 1. The second-order valence-corrected chi connectivity index (χ2v) is 7.36. The Labute approximate surface area is 181 Å². The summed E-state index contributed by atoms with van der Waals surface area (Å²) in [5.41, 5.74) is 6.96. The van der Waals surface area contributed by atoms with Gasteiger partial charge in [-0.2, -0.15) is 0 Å². The number of unbranched alkanes of at least 4 members (excludes halogenated alkanes) is 2. The Bertz CT molecular complexity index is 1030. The summed E-state index contributed by atoms with van der Waals surface area (Å²) < 4.78 is 25.1. The van der Waals surface area contributed by atoms with Crippen LogP contribution in [-0.2, 0) is 4.79 Å². The number of hydrogen-bond acceptors (Lipinski definition) is 7. The molecule has 2 aromatic heterocycles. The summed E-state index contributed by atoms with van der Waals surface area (Å²) in [5, 5.41) is 0. The molecule has 2 N–H and O–H groups in total. The van der Waals surface area contributed by atoms with Crippen LogP contribution in [0.1, 0.15) is 32.6 Å². The van der Waals surface area contributed by atoms with E-state index in [9.17, 15) is 9.18 Å². The minimum atomic E-state index is -0.580. The molecule has 156 valence electrons. The van der Waals surface area contributed by atoms with Crippen LogP contribution in [0.25, 0.3) is 11.3 Å². The van der Waals surface area contributed by atoms with Gasteiger partial charge < -0.3 is 15.2 Å². The van der Waals surface area contributed by atoms with E-state index in [0.717, 1.165) is 19.3 Å². The summed E-state index contributed by atoms with van der Waals surface area (Å²) in [6, 6.07) is 8.00. The van der Waals surface area contributed by atoms with Gasteiger partial charge in [0.1, 0.15) is 5.75 Å². The smallest absolute Gasteiger partial charge is 0.312 e. The first kappa shape index (κ1) is 21.6. The van der Waals surface area contributed by atoms with Gasteiger partial charge in [0, 0.05) is 22.7 Å². The van der Waals surface area contributed by atoms with Crippen molar-refractivity contribution >= 4 is 27.7 Å². The molecule has 0 radical (unpaired) electrons. The summed E-state index contributed by atoms with van der Waals surface area (Å²) in [5.74, 6) is -0.679. The molecule has 0 saturated carbocycles. The Hall–Kier alpha value is -3.07. The third kappa shape index (κ3) is 5.73. The maximum atomic E-state index is 13.9. The predicted octanol–water partition coefficient (Wildman–Crippen LogP) is 5.30. The highest BCUT2D eigenvalue weighted by atomic mass is 79.9. The fourth-order valence-electron chi connectivity index (χ4n) is 2.56. The number of nitrogens with zero attached hydrogens (tertiary/aromatic N) is 3. The fraction of sp³-hybridized carbons (Fsp3) is 0.238. The lowest BCUT2D eigenvalue weighted by Gasteiger charge is -2.09. The van der Waals surface area contributed by atoms with E-state index in [1.807, 2.05) is 0 Å². The van der Waals surface area contributed by atoms with Crippen molar-refractivity contribution in [3.05, 3.63) is 53.0 Å². The topological polar surface area (TPSA) is 100 Å². The second-order valence-electron chi connectivity index (χ2n) is 6.44. The zero-order chi connectivity index (χ0) is 21.5. The molecule has 3 aromatic rings. The highest BCUT2D eigenvalue weighted by molar-refractivity contribution is 9.10. The molecule has 0 unspecified atom stereocenters. The van der Waals surface area contributed by atoms with Crippen LogP contribution in [-0.4, -0.2) is 20.9 Å². The highest BCUT2D eigenvalue weighted by Crippen LogP contribution is 2.28. The van der Waals surface area contributed by atoms with E-state index in [-0.39, 0.29) is 17.6 Å². The number of nitrogens with two attached hydrogens (primary N) is 1. The minimum absolute atomic E-state index is 0.0181. The maximum Gasteiger partial charge on any atom is 0.312 e. The standard InChI is InChI=1S/C21H20BrFN4O3/c1-2-3-4-5-18(28)30-21-19(24)25-12-17(27-21)13-6-8-15(9-7-13)29-20-16(23)10-14(22)11-26-20/h6-12H,2-5H2,1H3,(H2,24,25). The number of carbonyl (C=O) groups excluding carboxylic acids is 1. The van der Waals surface area contributed by atoms with Gasteiger partial charge in [-0.1, -0.05) is 19.8 Å². The monoisotopic (exact) mass is 474 g/mol. The van der Waals surface area contributed by atoms with Gasteiger partial charge in [0.25, 0.3) is 11.8 Å². The SMILES string of the molecule is CCCCCC(=O)Oc1nc(-c2ccc(Oc3ncc(Br)cc3F)cc2)cnc1N. The number of aromatic nitrogens is 3. The van der Waals surface area contributed by atoms with Crippen LogP contribution in [0.5, 0.6) is 17.5 Å². The number of rotatable bonds is 8. The zero-order valence-corrected chi connectivity index (χ0v) is 17.9. The van der Waals surface area contributed by atoms with E-state index >= 15 is 0 Å². The molecule has 2 heterocycles. The highest BCUT2D eigenvalue weighted by Gasteiger charge is 2.13. The molecule has 9 heteroatoms. The van der Waals surface area contributed by atoms with E-state index < -0.39 is 11.8 Å². The van der Waals surface area contributed by atoms with Crippen molar-refractivity contribution in [2.75, 3.05) is 5.73 Å². The van der Waals surface area contributed by atoms with E-state index in [2.05, 4.69) is 37.8 Å². The first-order valence-electron chi connectivity index (χ1n) is 9.38. The first-order chi connectivity index (χ1) is 14.5. The molecule has 7 nitrogen and oxygen atoms in total. The summed E-state index contributed by atoms with van der Waals surface area (Å²) in [7, 11) is 0. The fourth-order valence-corrected chi connectivity index (χ4v) is 2.86. The number of anilines is 1. The molecule has 0 bridgehead atoms. The van der Waals surface area contributed by atoms with Crippen molar-refractivity contribution in [2.24, 2.45) is 0 Å². The summed E-state index contributed by atoms with van der Waals surface area (Å²) in [4.78, 5) is 24.2. The van der Waals surface area contributed by atoms with Crippen molar-refractivity contribution in [3.63, 3.8) is 0 Å². The largest absolute Gasteiger partial charge is 0.436 e. The summed E-state index contributed by atoms with van der Waals surface area (Å²) in [6.45, 7) is 2.06. The van der Waals surface area contributed by atoms with Crippen LogP contribution in [0, 0.1) is 5.82 Å². The van der Waals surface area contributed by atoms with Crippen LogP contribution in [0.15, 0.2) is 47.2 Å². The van der Waals surface area contributed by atoms with Crippen molar-refractivity contribution in [1.29, 1.82) is 0 Å². The van der Waals surface area contributed by atoms with E-state index in [0.29, 0.717) is 27.9 Å². The normalized spacial score (nSPS) is 10.6. The lowest BCUT2D eigenvalue weighted by molar-refractivity contribution is -0.134. The van der Waals surface area contributed by atoms with Gasteiger partial charge in [0.2, 0.25) is 0 Å². The van der Waals surface area contributed by atoms with Gasteiger partial charge in [-0.3, -0.25) is 4.79 Å². The Morgan fingerprint density at radius 1 is 1.13 bits per heavy atom. The van der Waals surface area contributed by atoms with Crippen molar-refractivity contribution in [1.82, 2.24) is 15.0 Å². The van der Waals surface area contributed by atoms with Crippen LogP contribution < -0.4 is 15.2 Å². The molecule has 0 aliphatic carbocycles. The van der Waals surface area contributed by atoms with Gasteiger partial charge in [-0.15, -0.1) is 0 Å². The Kier molecular flexibility index (Phi) is 7.29. The van der Waals surface area contributed by atoms with Gasteiger partial charge in [0.05, 0.1) is 11.9 Å². The predicted molar refractivity (Wildman–Crippen MR) is 114 cm³/mol. The number of halogens is 2. The number of esters is 1. The second kappa shape index (κ2) is 10.1. The van der Waals surface area contributed by atoms with Crippen molar-refractivity contribution < 1.29 is 18.7 Å². The van der Waals surface area contributed by atoms with Crippen LogP contribution in [0.3, 0.4) is 0 Å². The molecular weight excluding hydrogens is 455 g/mol. The van der Waals surface area contributed by atoms with E-state index in [4.69, 9.17) is 15.2 Å². The number of nitrogen functional groups attached to an aromatic ring is 1. The number of carbonyl (C=O) groups is 1. The third-order valence-electron chi connectivity index (χ3n) is 4.10. The summed E-state index contributed by atoms with van der Waals surface area (Å²) in [6.07, 6.45) is 5.93. The van der Waals surface area contributed by atoms with Gasteiger partial charge in [0.15, 0.2) is 11.6 Å². The summed E-state index contributed by atoms with van der Waals surface area (Å²) >= 11 is 3.15. The number of hydrogen-bond donors (Lipinski definition) is 1. The first-order valence-corrected chi connectivity index (χ1v) is 10.2. The van der Waals surface area contributed by atoms with Gasteiger partial charge >= 0.3 is 5.97 Å². The molecule has 0 spiro atoms. The molecule has 1 aromatic carbocycles. The molecule has 30 heavy (non-hydrogen) atoms. The molecule has 3 rings (SSSR count).